The van der Waals surface area contributed by atoms with Gasteiger partial charge in [0.1, 0.15) is 0 Å². The average Bonchev–Trinajstić information content (AvgIpc) is 2.35. The summed E-state index contributed by atoms with van der Waals surface area (Å²) in [7, 11) is 0. The van der Waals surface area contributed by atoms with Crippen molar-refractivity contribution < 1.29 is 32.7 Å². The Bertz CT molecular complexity index is 419. The molecule has 0 aliphatic rings. The molecule has 0 aliphatic carbocycles. The summed E-state index contributed by atoms with van der Waals surface area (Å²) < 4.78 is 0. The molecule has 0 unspecified atom stereocenters. The van der Waals surface area contributed by atoms with Crippen molar-refractivity contribution >= 4 is 6.21 Å². The maximum absolute atomic E-state index is 8.14. The number of azide groups is 1. The van der Waals surface area contributed by atoms with Crippen LogP contribution in [0.5, 0.6) is 0 Å². The minimum Gasteiger partial charge on any atom is -0.531 e. The Kier molecular flexibility index (Phi) is 9.64. The van der Waals surface area contributed by atoms with E-state index in [0.717, 1.165) is 11.3 Å². The summed E-state index contributed by atoms with van der Waals surface area (Å²) in [6.45, 7) is 2.17. The van der Waals surface area contributed by atoms with Crippen LogP contribution in [0.2, 0.25) is 0 Å². The van der Waals surface area contributed by atoms with E-state index in [1.165, 1.54) is 0 Å². The van der Waals surface area contributed by atoms with Gasteiger partial charge in [0, 0.05) is 44.2 Å². The largest absolute Gasteiger partial charge is 0.531 e. The van der Waals surface area contributed by atoms with Crippen LogP contribution >= 0.6 is 0 Å². The van der Waals surface area contributed by atoms with Gasteiger partial charge in [-0.25, -0.2) is 12.6 Å². The number of nitrogens with zero attached hydrogens (tertiary/aromatic N) is 4. The van der Waals surface area contributed by atoms with E-state index in [0.29, 0.717) is 13.0 Å². The quantitative estimate of drug-likeness (QED) is 0.263. The van der Waals surface area contributed by atoms with Crippen molar-refractivity contribution in [3.8, 4) is 0 Å². The van der Waals surface area contributed by atoms with E-state index in [2.05, 4.69) is 27.3 Å². The molecule has 0 saturated carbocycles. The predicted octanol–water partition coefficient (Wildman–Crippen LogP) is 3.39. The van der Waals surface area contributed by atoms with E-state index in [4.69, 9.17) is 5.53 Å². The molecule has 1 aromatic carbocycles. The topological polar surface area (TPSA) is 61.1 Å². The molecule has 0 saturated heterocycles. The first-order valence-electron chi connectivity index (χ1n) is 4.93. The minimum atomic E-state index is 0. The maximum Gasteiger partial charge on any atom is 0.0205 e. The fourth-order valence-corrected chi connectivity index (χ4v) is 1.08. The van der Waals surface area contributed by atoms with Gasteiger partial charge in [0.25, 0.3) is 0 Å². The van der Waals surface area contributed by atoms with Crippen molar-refractivity contribution in [3.63, 3.8) is 0 Å². The fraction of sp³-hybridized carbons (Fsp3) is 0.250. The number of aliphatic imine (C=N–C) groups is 1. The molecule has 17 heavy (non-hydrogen) atoms. The third-order valence-corrected chi connectivity index (χ3v) is 1.89. The van der Waals surface area contributed by atoms with Gasteiger partial charge in [-0.15, -0.1) is 29.8 Å². The molecule has 0 heterocycles. The molecule has 5 heteroatoms. The van der Waals surface area contributed by atoms with Crippen molar-refractivity contribution in [1.82, 2.24) is 0 Å². The number of allylic oxidation sites excluding steroid dienone is 1. The van der Waals surface area contributed by atoms with Gasteiger partial charge in [-0.2, -0.15) is 0 Å². The zero-order valence-electron chi connectivity index (χ0n) is 9.67. The summed E-state index contributed by atoms with van der Waals surface area (Å²) in [5, 5.41) is 3.45. The molecular weight excluding hydrogens is 289 g/mol. The van der Waals surface area contributed by atoms with Crippen molar-refractivity contribution in [2.24, 2.45) is 10.1 Å². The zero-order valence-corrected chi connectivity index (χ0v) is 12.5. The molecule has 0 aromatic heterocycles. The number of hydrogen-bond acceptors (Lipinski definition) is 2. The van der Waals surface area contributed by atoms with Crippen LogP contribution in [0.1, 0.15) is 18.9 Å². The third kappa shape index (κ3) is 7.06. The van der Waals surface area contributed by atoms with Gasteiger partial charge >= 0.3 is 0 Å². The van der Waals surface area contributed by atoms with Gasteiger partial charge < -0.3 is 11.1 Å². The molecule has 4 nitrogen and oxygen atoms in total. The molecule has 0 amide bonds. The summed E-state index contributed by atoms with van der Waals surface area (Å²) in [5.41, 5.74) is 9.80. The van der Waals surface area contributed by atoms with Crippen molar-refractivity contribution in [2.45, 2.75) is 13.3 Å². The van der Waals surface area contributed by atoms with Crippen molar-refractivity contribution in [2.75, 3.05) is 6.54 Å². The summed E-state index contributed by atoms with van der Waals surface area (Å²) in [6, 6.07) is 9.64. The normalized spacial score (nSPS) is 10.8. The van der Waals surface area contributed by atoms with Crippen LogP contribution in [-0.2, 0) is 32.7 Å². The first-order chi connectivity index (χ1) is 7.86. The summed E-state index contributed by atoms with van der Waals surface area (Å²) >= 11 is 0. The minimum absolute atomic E-state index is 0. The molecule has 0 spiro atoms. The number of hydrogen-bond donors (Lipinski definition) is 0. The molecule has 1 radical (unpaired) electrons. The van der Waals surface area contributed by atoms with Gasteiger partial charge in [-0.05, 0) is 11.7 Å². The van der Waals surface area contributed by atoms with Crippen LogP contribution in [0.3, 0.4) is 0 Å². The third-order valence-electron chi connectivity index (χ3n) is 1.89. The summed E-state index contributed by atoms with van der Waals surface area (Å²) in [6.07, 6.45) is 6.43. The Morgan fingerprint density at radius 2 is 2.06 bits per heavy atom. The maximum atomic E-state index is 8.14. The smallest absolute Gasteiger partial charge is 0.0205 e. The van der Waals surface area contributed by atoms with E-state index in [1.54, 1.807) is 6.92 Å². The van der Waals surface area contributed by atoms with Crippen LogP contribution < -0.4 is 0 Å². The second-order valence-corrected chi connectivity index (χ2v) is 2.99. The molecule has 0 bridgehead atoms. The van der Waals surface area contributed by atoms with Crippen LogP contribution in [0.25, 0.3) is 10.4 Å². The molecular formula is C12H12N4Y-2. The van der Waals surface area contributed by atoms with Gasteiger partial charge in [-0.1, -0.05) is 17.6 Å². The molecule has 0 aliphatic heterocycles. The van der Waals surface area contributed by atoms with E-state index in [1.807, 2.05) is 30.3 Å². The summed E-state index contributed by atoms with van der Waals surface area (Å²) in [5.74, 6) is 0. The zero-order chi connectivity index (χ0) is 11.6. The predicted molar refractivity (Wildman–Crippen MR) is 64.0 cm³/mol. The molecule has 0 N–H and O–H groups in total. The van der Waals surface area contributed by atoms with Crippen molar-refractivity contribution in [1.29, 1.82) is 0 Å². The Morgan fingerprint density at radius 1 is 1.35 bits per heavy atom. The van der Waals surface area contributed by atoms with Crippen LogP contribution in [0.4, 0.5) is 0 Å². The van der Waals surface area contributed by atoms with E-state index < -0.39 is 0 Å². The standard InChI is InChI=1S/C12H12N4.Y/c1-2-12(8-9-15-16-13)14-10-11-6-4-3-5-7-11;/h3-7H,8-9H2,1H3;/q-2;. The van der Waals surface area contributed by atoms with Gasteiger partial charge in [0.2, 0.25) is 0 Å². The van der Waals surface area contributed by atoms with E-state index in [9.17, 15) is 0 Å². The molecule has 1 rings (SSSR count). The van der Waals surface area contributed by atoms with Gasteiger partial charge in [0.15, 0.2) is 0 Å². The summed E-state index contributed by atoms with van der Waals surface area (Å²) in [4.78, 5) is 6.84. The molecule has 0 atom stereocenters. The number of rotatable bonds is 5. The first kappa shape index (κ1) is 16.0. The van der Waals surface area contributed by atoms with E-state index in [-0.39, 0.29) is 32.7 Å². The molecule has 85 valence electrons. The monoisotopic (exact) mass is 301 g/mol. The molecule has 0 fully saturated rings. The first-order valence-corrected chi connectivity index (χ1v) is 4.93. The van der Waals surface area contributed by atoms with E-state index >= 15 is 0 Å². The Labute approximate surface area is 126 Å². The Hall–Kier alpha value is -0.956. The second kappa shape index (κ2) is 10.2. The van der Waals surface area contributed by atoms with Crippen LogP contribution in [0, 0.1) is 6.08 Å². The SMILES string of the molecule is C[C-]=C(CCN=[N+]=[N-])N=[C-]c1ccccc1.[Y]. The van der Waals surface area contributed by atoms with Crippen molar-refractivity contribution in [3.05, 3.63) is 58.1 Å². The Morgan fingerprint density at radius 3 is 2.65 bits per heavy atom. The van der Waals surface area contributed by atoms with Crippen LogP contribution in [0.15, 0.2) is 46.1 Å². The second-order valence-electron chi connectivity index (χ2n) is 2.99. The van der Waals surface area contributed by atoms with Gasteiger partial charge in [0.05, 0.1) is 0 Å². The molecule has 1 aromatic rings. The number of benzene rings is 1. The van der Waals surface area contributed by atoms with Crippen LogP contribution in [-0.4, -0.2) is 12.8 Å². The fourth-order valence-electron chi connectivity index (χ4n) is 1.08. The Balaban J connectivity index is 0.00000256. The average molecular weight is 301 g/mol. The van der Waals surface area contributed by atoms with Gasteiger partial charge in [-0.3, -0.25) is 0 Å².